The normalized spacial score (nSPS) is 12.7. The summed E-state index contributed by atoms with van der Waals surface area (Å²) >= 11 is 0. The second-order valence-corrected chi connectivity index (χ2v) is 6.01. The second kappa shape index (κ2) is 8.22. The highest BCUT2D eigenvalue weighted by Gasteiger charge is 2.30. The number of aromatic nitrogens is 2. The molecule has 3 aromatic rings. The van der Waals surface area contributed by atoms with Gasteiger partial charge in [0.25, 0.3) is 0 Å². The molecule has 0 saturated heterocycles. The molecule has 1 N–H and O–H groups in total. The van der Waals surface area contributed by atoms with Crippen molar-refractivity contribution in [3.05, 3.63) is 77.4 Å². The van der Waals surface area contributed by atoms with Gasteiger partial charge >= 0.3 is 6.36 Å². The minimum Gasteiger partial charge on any atom is -0.406 e. The van der Waals surface area contributed by atoms with E-state index in [1.165, 1.54) is 12.1 Å². The summed E-state index contributed by atoms with van der Waals surface area (Å²) < 4.78 is 45.6. The largest absolute Gasteiger partial charge is 0.573 e. The zero-order valence-electron chi connectivity index (χ0n) is 14.5. The summed E-state index contributed by atoms with van der Waals surface area (Å²) in [5, 5.41) is 7.18. The average molecular weight is 377 g/mol. The molecule has 0 amide bonds. The Morgan fingerprint density at radius 3 is 2.41 bits per heavy atom. The van der Waals surface area contributed by atoms with Gasteiger partial charge in [0.1, 0.15) is 5.75 Å². The predicted octanol–water partition coefficient (Wildman–Crippen LogP) is 4.41. The van der Waals surface area contributed by atoms with Crippen molar-refractivity contribution in [2.24, 2.45) is 0 Å². The predicted molar refractivity (Wildman–Crippen MR) is 91.9 cm³/mol. The van der Waals surface area contributed by atoms with Crippen LogP contribution in [0, 0.1) is 0 Å². The molecule has 5 nitrogen and oxygen atoms in total. The third-order valence-corrected chi connectivity index (χ3v) is 3.83. The Hall–Kier alpha value is -2.87. The Morgan fingerprint density at radius 2 is 1.74 bits per heavy atom. The first kappa shape index (κ1) is 18.9. The number of nitrogens with zero attached hydrogens (tertiary/aromatic N) is 2. The van der Waals surface area contributed by atoms with Gasteiger partial charge in [-0.2, -0.15) is 4.98 Å². The van der Waals surface area contributed by atoms with Gasteiger partial charge in [-0.05, 0) is 30.2 Å². The summed E-state index contributed by atoms with van der Waals surface area (Å²) in [5.74, 6) is 0.804. The minimum absolute atomic E-state index is 0.201. The van der Waals surface area contributed by atoms with Crippen molar-refractivity contribution in [2.75, 3.05) is 0 Å². The average Bonchev–Trinajstić information content (AvgIpc) is 3.09. The van der Waals surface area contributed by atoms with Crippen LogP contribution >= 0.6 is 0 Å². The molecule has 0 fully saturated rings. The monoisotopic (exact) mass is 377 g/mol. The van der Waals surface area contributed by atoms with Gasteiger partial charge < -0.3 is 14.6 Å². The Morgan fingerprint density at radius 1 is 1.04 bits per heavy atom. The van der Waals surface area contributed by atoms with Crippen molar-refractivity contribution in [3.8, 4) is 5.75 Å². The maximum absolute atomic E-state index is 12.2. The lowest BCUT2D eigenvalue weighted by molar-refractivity contribution is -0.274. The number of alkyl halides is 3. The van der Waals surface area contributed by atoms with E-state index in [2.05, 4.69) is 20.2 Å². The third-order valence-electron chi connectivity index (χ3n) is 3.83. The van der Waals surface area contributed by atoms with Crippen LogP contribution < -0.4 is 10.1 Å². The molecule has 0 aliphatic heterocycles. The summed E-state index contributed by atoms with van der Waals surface area (Å²) in [6, 6.07) is 15.3. The van der Waals surface area contributed by atoms with Gasteiger partial charge in [0.2, 0.25) is 5.89 Å². The maximum Gasteiger partial charge on any atom is 0.573 e. The molecule has 142 valence electrons. The van der Waals surface area contributed by atoms with Gasteiger partial charge in [0.05, 0.1) is 6.04 Å². The fourth-order valence-electron chi connectivity index (χ4n) is 2.46. The zero-order chi connectivity index (χ0) is 19.3. The van der Waals surface area contributed by atoms with Gasteiger partial charge in [-0.3, -0.25) is 0 Å². The summed E-state index contributed by atoms with van der Waals surface area (Å²) in [5.41, 5.74) is 1.90. The van der Waals surface area contributed by atoms with Crippen LogP contribution in [-0.4, -0.2) is 16.5 Å². The van der Waals surface area contributed by atoms with E-state index in [1.807, 2.05) is 37.3 Å². The molecule has 1 aromatic heterocycles. The Balaban J connectivity index is 1.53. The number of hydrogen-bond acceptors (Lipinski definition) is 5. The van der Waals surface area contributed by atoms with Crippen molar-refractivity contribution in [1.82, 2.24) is 15.5 Å². The lowest BCUT2D eigenvalue weighted by Gasteiger charge is -2.11. The first-order valence-corrected chi connectivity index (χ1v) is 8.33. The molecule has 0 radical (unpaired) electrons. The molecule has 0 saturated carbocycles. The van der Waals surface area contributed by atoms with E-state index in [0.717, 1.165) is 11.1 Å². The number of nitrogens with one attached hydrogen (secondary N) is 1. The number of benzene rings is 2. The summed E-state index contributed by atoms with van der Waals surface area (Å²) in [6.45, 7) is 2.31. The lowest BCUT2D eigenvalue weighted by Crippen LogP contribution is -2.19. The first-order chi connectivity index (χ1) is 12.9. The van der Waals surface area contributed by atoms with Crippen LogP contribution in [0.5, 0.6) is 5.75 Å². The van der Waals surface area contributed by atoms with E-state index >= 15 is 0 Å². The molecule has 1 unspecified atom stereocenters. The molecule has 3 rings (SSSR count). The molecule has 0 aliphatic rings. The van der Waals surface area contributed by atoms with Gasteiger partial charge in [0, 0.05) is 13.0 Å². The molecule has 1 atom stereocenters. The highest BCUT2D eigenvalue weighted by Crippen LogP contribution is 2.23. The quantitative estimate of drug-likeness (QED) is 0.661. The van der Waals surface area contributed by atoms with Crippen LogP contribution in [0.2, 0.25) is 0 Å². The molecule has 0 aliphatic carbocycles. The number of hydrogen-bond donors (Lipinski definition) is 1. The van der Waals surface area contributed by atoms with Crippen molar-refractivity contribution in [3.63, 3.8) is 0 Å². The molecule has 8 heteroatoms. The highest BCUT2D eigenvalue weighted by molar-refractivity contribution is 5.27. The van der Waals surface area contributed by atoms with Gasteiger partial charge in [-0.25, -0.2) is 0 Å². The fourth-order valence-corrected chi connectivity index (χ4v) is 2.46. The third kappa shape index (κ3) is 5.82. The van der Waals surface area contributed by atoms with Gasteiger partial charge in [0.15, 0.2) is 5.82 Å². The highest BCUT2D eigenvalue weighted by atomic mass is 19.4. The summed E-state index contributed by atoms with van der Waals surface area (Å²) in [6.07, 6.45) is -4.11. The van der Waals surface area contributed by atoms with Crippen LogP contribution in [0.15, 0.2) is 59.1 Å². The SMILES string of the molecule is CC(NCc1ccc(OC(F)(F)F)cc1)c1nc(Cc2ccccc2)no1. The number of rotatable bonds is 7. The van der Waals surface area contributed by atoms with E-state index in [0.29, 0.717) is 24.7 Å². The van der Waals surface area contributed by atoms with E-state index in [-0.39, 0.29) is 11.8 Å². The Bertz CT molecular complexity index is 849. The zero-order valence-corrected chi connectivity index (χ0v) is 14.5. The standard InChI is InChI=1S/C19H18F3N3O2/c1-13(18-24-17(25-27-18)11-14-5-3-2-4-6-14)23-12-15-7-9-16(10-8-15)26-19(20,21)22/h2-10,13,23H,11-12H2,1H3. The van der Waals surface area contributed by atoms with Crippen molar-refractivity contribution in [2.45, 2.75) is 32.3 Å². The molecule has 2 aromatic carbocycles. The molecule has 1 heterocycles. The van der Waals surface area contributed by atoms with Crippen molar-refractivity contribution in [1.29, 1.82) is 0 Å². The summed E-state index contributed by atoms with van der Waals surface area (Å²) in [4.78, 5) is 4.39. The van der Waals surface area contributed by atoms with Crippen molar-refractivity contribution < 1.29 is 22.4 Å². The van der Waals surface area contributed by atoms with E-state index in [9.17, 15) is 13.2 Å². The molecular formula is C19H18F3N3O2. The first-order valence-electron chi connectivity index (χ1n) is 8.33. The van der Waals surface area contributed by atoms with Crippen LogP contribution in [0.25, 0.3) is 0 Å². The summed E-state index contributed by atoms with van der Waals surface area (Å²) in [7, 11) is 0. The van der Waals surface area contributed by atoms with Crippen LogP contribution in [0.1, 0.15) is 35.8 Å². The van der Waals surface area contributed by atoms with E-state index < -0.39 is 6.36 Å². The molecule has 0 spiro atoms. The van der Waals surface area contributed by atoms with Crippen molar-refractivity contribution >= 4 is 0 Å². The molecule has 0 bridgehead atoms. The maximum atomic E-state index is 12.2. The lowest BCUT2D eigenvalue weighted by atomic mass is 10.1. The smallest absolute Gasteiger partial charge is 0.406 e. The van der Waals surface area contributed by atoms with Crippen LogP contribution in [0.4, 0.5) is 13.2 Å². The minimum atomic E-state index is -4.69. The Labute approximate surface area is 154 Å². The van der Waals surface area contributed by atoms with Gasteiger partial charge in [-0.1, -0.05) is 47.6 Å². The fraction of sp³-hybridized carbons (Fsp3) is 0.263. The topological polar surface area (TPSA) is 60.2 Å². The number of ether oxygens (including phenoxy) is 1. The second-order valence-electron chi connectivity index (χ2n) is 6.01. The number of halogens is 3. The van der Waals surface area contributed by atoms with Gasteiger partial charge in [-0.15, -0.1) is 13.2 Å². The molecular weight excluding hydrogens is 359 g/mol. The van der Waals surface area contributed by atoms with Crippen LogP contribution in [0.3, 0.4) is 0 Å². The van der Waals surface area contributed by atoms with E-state index in [1.54, 1.807) is 12.1 Å². The molecule has 27 heavy (non-hydrogen) atoms. The van der Waals surface area contributed by atoms with E-state index in [4.69, 9.17) is 4.52 Å². The Kier molecular flexibility index (Phi) is 5.75. The van der Waals surface area contributed by atoms with Crippen LogP contribution in [-0.2, 0) is 13.0 Å².